The molecule has 10 heteroatoms. The minimum Gasteiger partial charge on any atom is -0.354 e. The van der Waals surface area contributed by atoms with Crippen LogP contribution in [0.2, 0.25) is 0 Å². The van der Waals surface area contributed by atoms with Crippen LogP contribution in [0.1, 0.15) is 37.9 Å². The molecule has 0 fully saturated rings. The molecule has 0 aromatic heterocycles. The first-order valence-corrected chi connectivity index (χ1v) is 9.95. The van der Waals surface area contributed by atoms with Gasteiger partial charge in [0.15, 0.2) is 0 Å². The molecule has 0 saturated heterocycles. The largest absolute Gasteiger partial charge is 0.416 e. The van der Waals surface area contributed by atoms with Crippen molar-refractivity contribution in [3.63, 3.8) is 0 Å². The molecule has 1 aromatic rings. The van der Waals surface area contributed by atoms with E-state index in [1.54, 1.807) is 6.92 Å². The smallest absolute Gasteiger partial charge is 0.354 e. The van der Waals surface area contributed by atoms with Crippen molar-refractivity contribution in [1.82, 2.24) is 20.4 Å². The third-order valence-corrected chi connectivity index (χ3v) is 5.49. The zero-order chi connectivity index (χ0) is 23.1. The van der Waals surface area contributed by atoms with E-state index in [4.69, 9.17) is 0 Å². The van der Waals surface area contributed by atoms with Gasteiger partial charge in [-0.25, -0.2) is 4.79 Å². The van der Waals surface area contributed by atoms with E-state index in [9.17, 15) is 27.6 Å². The van der Waals surface area contributed by atoms with Crippen molar-refractivity contribution in [1.29, 1.82) is 0 Å². The highest BCUT2D eigenvalue weighted by molar-refractivity contribution is 6.03. The molecule has 2 heterocycles. The van der Waals surface area contributed by atoms with Gasteiger partial charge in [-0.1, -0.05) is 26.0 Å². The van der Waals surface area contributed by atoms with Crippen LogP contribution in [0.5, 0.6) is 0 Å². The van der Waals surface area contributed by atoms with E-state index in [-0.39, 0.29) is 23.9 Å². The minimum atomic E-state index is -4.49. The van der Waals surface area contributed by atoms with Crippen molar-refractivity contribution in [2.75, 3.05) is 20.1 Å². The number of hydrogen-bond acceptors (Lipinski definition) is 3. The summed E-state index contributed by atoms with van der Waals surface area (Å²) in [4.78, 5) is 40.8. The highest BCUT2D eigenvalue weighted by Crippen LogP contribution is 2.37. The number of hydrogen-bond donors (Lipinski definition) is 2. The second-order valence-corrected chi connectivity index (χ2v) is 8.17. The topological polar surface area (TPSA) is 81.8 Å². The predicted molar refractivity (Wildman–Crippen MR) is 107 cm³/mol. The van der Waals surface area contributed by atoms with Crippen LogP contribution < -0.4 is 10.6 Å². The van der Waals surface area contributed by atoms with Gasteiger partial charge in [0.1, 0.15) is 6.04 Å². The number of nitrogens with zero attached hydrogens (tertiary/aromatic N) is 2. The molecule has 4 amide bonds. The SMILES string of the molecule is CC(C)CNC(=O)C(C)N1CC2=C(C1=O)C(c1ccc(C(F)(F)F)cc1)NC(=O)N2C. The Hall–Kier alpha value is -3.04. The molecule has 2 aliphatic rings. The number of carbonyl (C=O) groups excluding carboxylic acids is 3. The maximum Gasteiger partial charge on any atom is 0.416 e. The highest BCUT2D eigenvalue weighted by Gasteiger charge is 2.45. The lowest BCUT2D eigenvalue weighted by Gasteiger charge is -2.31. The zero-order valence-corrected chi connectivity index (χ0v) is 17.7. The number of urea groups is 1. The summed E-state index contributed by atoms with van der Waals surface area (Å²) in [6.07, 6.45) is -4.49. The van der Waals surface area contributed by atoms with Crippen molar-refractivity contribution >= 4 is 17.8 Å². The fourth-order valence-corrected chi connectivity index (χ4v) is 3.61. The fraction of sp³-hybridized carbons (Fsp3) is 0.476. The highest BCUT2D eigenvalue weighted by atomic mass is 19.4. The second-order valence-electron chi connectivity index (χ2n) is 8.17. The molecule has 0 aliphatic carbocycles. The maximum absolute atomic E-state index is 13.2. The molecule has 2 aliphatic heterocycles. The minimum absolute atomic E-state index is 0.0610. The number of halogens is 3. The van der Waals surface area contributed by atoms with Gasteiger partial charge in [0.05, 0.1) is 29.4 Å². The van der Waals surface area contributed by atoms with Crippen LogP contribution in [0.3, 0.4) is 0 Å². The molecular formula is C21H25F3N4O3. The van der Waals surface area contributed by atoms with Crippen LogP contribution in [0.25, 0.3) is 0 Å². The van der Waals surface area contributed by atoms with Gasteiger partial charge in [-0.05, 0) is 30.5 Å². The van der Waals surface area contributed by atoms with Crippen molar-refractivity contribution in [2.24, 2.45) is 5.92 Å². The molecule has 2 N–H and O–H groups in total. The first kappa shape index (κ1) is 22.6. The molecule has 0 bridgehead atoms. The molecule has 31 heavy (non-hydrogen) atoms. The number of likely N-dealkylation sites (N-methyl/N-ethyl adjacent to an activating group) is 1. The summed E-state index contributed by atoms with van der Waals surface area (Å²) in [5, 5.41) is 5.46. The predicted octanol–water partition coefficient (Wildman–Crippen LogP) is 2.66. The van der Waals surface area contributed by atoms with E-state index < -0.39 is 35.8 Å². The molecule has 0 spiro atoms. The van der Waals surface area contributed by atoms with Gasteiger partial charge in [-0.3, -0.25) is 14.5 Å². The van der Waals surface area contributed by atoms with E-state index in [1.807, 2.05) is 13.8 Å². The average Bonchev–Trinajstić information content (AvgIpc) is 3.05. The lowest BCUT2D eigenvalue weighted by atomic mass is 9.95. The van der Waals surface area contributed by atoms with E-state index >= 15 is 0 Å². The maximum atomic E-state index is 13.2. The number of benzene rings is 1. The lowest BCUT2D eigenvalue weighted by Crippen LogP contribution is -2.47. The van der Waals surface area contributed by atoms with Crippen molar-refractivity contribution < 1.29 is 27.6 Å². The summed E-state index contributed by atoms with van der Waals surface area (Å²) in [6.45, 7) is 6.03. The Morgan fingerprint density at radius 3 is 2.35 bits per heavy atom. The van der Waals surface area contributed by atoms with Crippen LogP contribution in [0.4, 0.5) is 18.0 Å². The molecule has 2 unspecified atom stereocenters. The lowest BCUT2D eigenvalue weighted by molar-refractivity contribution is -0.137. The third-order valence-electron chi connectivity index (χ3n) is 5.49. The van der Waals surface area contributed by atoms with E-state index in [2.05, 4.69) is 10.6 Å². The Morgan fingerprint density at radius 1 is 1.19 bits per heavy atom. The van der Waals surface area contributed by atoms with E-state index in [1.165, 1.54) is 29.0 Å². The molecule has 2 atom stereocenters. The van der Waals surface area contributed by atoms with Crippen LogP contribution >= 0.6 is 0 Å². The molecule has 7 nitrogen and oxygen atoms in total. The van der Waals surface area contributed by atoms with Crippen LogP contribution in [-0.2, 0) is 15.8 Å². The van der Waals surface area contributed by atoms with Gasteiger partial charge in [-0.15, -0.1) is 0 Å². The standard InChI is InChI=1S/C21H25F3N4O3/c1-11(2)9-25-18(29)12(3)28-10-15-16(19(28)30)17(26-20(31)27(15)4)13-5-7-14(8-6-13)21(22,23)24/h5-8,11-12,17H,9-10H2,1-4H3,(H,25,29)(H,26,31). The number of alkyl halides is 3. The van der Waals surface area contributed by atoms with E-state index in [0.29, 0.717) is 17.8 Å². The van der Waals surface area contributed by atoms with Crippen LogP contribution in [0, 0.1) is 5.92 Å². The zero-order valence-electron chi connectivity index (χ0n) is 17.7. The van der Waals surface area contributed by atoms with E-state index in [0.717, 1.165) is 12.1 Å². The fourth-order valence-electron chi connectivity index (χ4n) is 3.61. The summed E-state index contributed by atoms with van der Waals surface area (Å²) in [5.41, 5.74) is 0.223. The summed E-state index contributed by atoms with van der Waals surface area (Å²) in [5.74, 6) is -0.498. The van der Waals surface area contributed by atoms with Crippen molar-refractivity contribution in [3.8, 4) is 0 Å². The first-order chi connectivity index (χ1) is 14.4. The number of nitrogens with one attached hydrogen (secondary N) is 2. The average molecular weight is 438 g/mol. The Kier molecular flexibility index (Phi) is 6.02. The molecule has 0 radical (unpaired) electrons. The molecule has 168 valence electrons. The normalized spacial score (nSPS) is 20.2. The number of carbonyl (C=O) groups is 3. The van der Waals surface area contributed by atoms with Gasteiger partial charge >= 0.3 is 12.2 Å². The molecule has 0 saturated carbocycles. The number of rotatable bonds is 5. The van der Waals surface area contributed by atoms with Gasteiger partial charge in [0, 0.05) is 13.6 Å². The van der Waals surface area contributed by atoms with Gasteiger partial charge in [-0.2, -0.15) is 13.2 Å². The third kappa shape index (κ3) is 4.38. The summed E-state index contributed by atoms with van der Waals surface area (Å²) < 4.78 is 38.7. The van der Waals surface area contributed by atoms with Crippen LogP contribution in [0.15, 0.2) is 35.5 Å². The van der Waals surface area contributed by atoms with Crippen LogP contribution in [-0.4, -0.2) is 53.8 Å². The summed E-state index contributed by atoms with van der Waals surface area (Å²) in [6, 6.07) is 2.18. The Balaban J connectivity index is 1.89. The first-order valence-electron chi connectivity index (χ1n) is 9.95. The van der Waals surface area contributed by atoms with Crippen molar-refractivity contribution in [3.05, 3.63) is 46.7 Å². The molecule has 1 aromatic carbocycles. The molecule has 3 rings (SSSR count). The summed E-state index contributed by atoms with van der Waals surface area (Å²) >= 11 is 0. The van der Waals surface area contributed by atoms with Gasteiger partial charge in [0.25, 0.3) is 5.91 Å². The van der Waals surface area contributed by atoms with Crippen molar-refractivity contribution in [2.45, 2.75) is 39.0 Å². The van der Waals surface area contributed by atoms with Gasteiger partial charge < -0.3 is 15.5 Å². The number of amides is 4. The molecular weight excluding hydrogens is 413 g/mol. The Labute approximate surface area is 178 Å². The van der Waals surface area contributed by atoms with Gasteiger partial charge in [0.2, 0.25) is 5.91 Å². The Morgan fingerprint density at radius 2 is 1.81 bits per heavy atom. The quantitative estimate of drug-likeness (QED) is 0.742. The Bertz CT molecular complexity index is 925. The summed E-state index contributed by atoms with van der Waals surface area (Å²) in [7, 11) is 1.51. The monoisotopic (exact) mass is 438 g/mol. The second kappa shape index (κ2) is 8.24.